The smallest absolute Gasteiger partial charge is 0.335 e. The lowest BCUT2D eigenvalue weighted by Gasteiger charge is -2.05. The van der Waals surface area contributed by atoms with E-state index >= 15 is 0 Å². The van der Waals surface area contributed by atoms with E-state index in [1.807, 2.05) is 30.3 Å². The number of hydrogen-bond acceptors (Lipinski definition) is 6. The minimum absolute atomic E-state index is 0.216. The number of phenols is 1. The lowest BCUT2D eigenvalue weighted by molar-refractivity contribution is -0.385. The number of carboxylic acids is 1. The summed E-state index contributed by atoms with van der Waals surface area (Å²) in [7, 11) is 0. The number of ether oxygens (including phenoxy) is 1. The highest BCUT2D eigenvalue weighted by molar-refractivity contribution is 5.88. The van der Waals surface area contributed by atoms with Gasteiger partial charge in [-0.1, -0.05) is 30.3 Å². The van der Waals surface area contributed by atoms with Gasteiger partial charge in [-0.25, -0.2) is 4.79 Å². The van der Waals surface area contributed by atoms with Crippen molar-refractivity contribution in [3.63, 3.8) is 0 Å². The number of para-hydroxylation sites is 1. The number of nitro groups is 1. The number of aromatic nitrogens is 1. The fraction of sp³-hybridized carbons (Fsp3) is 0. The molecule has 0 atom stereocenters. The molecule has 0 radical (unpaired) electrons. The lowest BCUT2D eigenvalue weighted by Crippen LogP contribution is -1.95. The van der Waals surface area contributed by atoms with Crippen LogP contribution >= 0.6 is 0 Å². The Hall–Kier alpha value is -4.46. The van der Waals surface area contributed by atoms with Crippen LogP contribution in [-0.4, -0.2) is 26.1 Å². The van der Waals surface area contributed by atoms with Gasteiger partial charge in [-0.3, -0.25) is 15.1 Å². The zero-order valence-electron chi connectivity index (χ0n) is 15.5. The van der Waals surface area contributed by atoms with Crippen LogP contribution in [0.1, 0.15) is 10.4 Å². The van der Waals surface area contributed by atoms with Gasteiger partial charge in [0.2, 0.25) is 5.75 Å². The van der Waals surface area contributed by atoms with Crippen LogP contribution in [0.5, 0.6) is 17.2 Å². The number of carbonyl (C=O) groups is 1. The predicted molar refractivity (Wildman–Crippen MR) is 110 cm³/mol. The molecule has 0 aliphatic rings. The van der Waals surface area contributed by atoms with Crippen molar-refractivity contribution < 1.29 is 24.7 Å². The van der Waals surface area contributed by atoms with Gasteiger partial charge in [-0.2, -0.15) is 0 Å². The molecule has 8 nitrogen and oxygen atoms in total. The number of benzene rings is 3. The maximum absolute atomic E-state index is 10.8. The molecule has 4 aromatic rings. The summed E-state index contributed by atoms with van der Waals surface area (Å²) < 4.78 is 5.51. The highest BCUT2D eigenvalue weighted by Gasteiger charge is 2.16. The van der Waals surface area contributed by atoms with Crippen molar-refractivity contribution in [2.24, 2.45) is 0 Å². The van der Waals surface area contributed by atoms with E-state index in [4.69, 9.17) is 9.84 Å². The number of aromatic hydroxyl groups is 1. The fourth-order valence-electron chi connectivity index (χ4n) is 2.58. The number of carboxylic acid groups (broad SMARTS) is 1. The first-order valence-corrected chi connectivity index (χ1v) is 8.73. The van der Waals surface area contributed by atoms with E-state index in [0.29, 0.717) is 16.9 Å². The van der Waals surface area contributed by atoms with Crippen molar-refractivity contribution in [1.29, 1.82) is 0 Å². The quantitative estimate of drug-likeness (QED) is 0.361. The Kier molecular flexibility index (Phi) is 6.19. The Labute approximate surface area is 170 Å². The molecule has 8 heteroatoms. The zero-order valence-corrected chi connectivity index (χ0v) is 15.5. The van der Waals surface area contributed by atoms with Crippen molar-refractivity contribution in [2.75, 3.05) is 0 Å². The molecule has 1 aromatic heterocycles. The molecule has 2 N–H and O–H groups in total. The van der Waals surface area contributed by atoms with Crippen LogP contribution in [-0.2, 0) is 0 Å². The average molecular weight is 404 g/mol. The molecule has 0 aliphatic heterocycles. The summed E-state index contributed by atoms with van der Waals surface area (Å²) in [5.41, 5.74) is 0.145. The third-order valence-corrected chi connectivity index (χ3v) is 3.98. The second-order valence-corrected chi connectivity index (χ2v) is 6.01. The lowest BCUT2D eigenvalue weighted by atomic mass is 10.2. The van der Waals surface area contributed by atoms with Gasteiger partial charge in [-0.15, -0.1) is 0 Å². The van der Waals surface area contributed by atoms with Crippen molar-refractivity contribution in [3.05, 3.63) is 101 Å². The van der Waals surface area contributed by atoms with Gasteiger partial charge in [-0.05, 0) is 42.5 Å². The highest BCUT2D eigenvalue weighted by atomic mass is 16.6. The summed E-state index contributed by atoms with van der Waals surface area (Å²) in [6.45, 7) is 0. The van der Waals surface area contributed by atoms with E-state index in [2.05, 4.69) is 4.98 Å². The van der Waals surface area contributed by atoms with Gasteiger partial charge in [0.05, 0.1) is 10.5 Å². The molecule has 0 aliphatic carbocycles. The molecule has 0 fully saturated rings. The van der Waals surface area contributed by atoms with E-state index in [-0.39, 0.29) is 22.5 Å². The Morgan fingerprint density at radius 1 is 0.933 bits per heavy atom. The minimum Gasteiger partial charge on any atom is -0.501 e. The van der Waals surface area contributed by atoms with Crippen molar-refractivity contribution in [3.8, 4) is 17.2 Å². The standard InChI is InChI=1S/C13H10O3.C9H6N2O3/c14-13(15)10-5-4-8-12(9-10)16-11-6-2-1-3-7-11;12-9-7(11(13)14)4-3-6-2-1-5-10-8(6)9/h1-9H,(H,14,15);1-5,12H. The number of fused-ring (bicyclic) bond motifs is 1. The van der Waals surface area contributed by atoms with Crippen LogP contribution < -0.4 is 4.74 Å². The van der Waals surface area contributed by atoms with Crippen LogP contribution in [0, 0.1) is 10.1 Å². The summed E-state index contributed by atoms with van der Waals surface area (Å²) in [6, 6.07) is 21.9. The SMILES string of the molecule is O=C(O)c1cccc(Oc2ccccc2)c1.O=[N+]([O-])c1ccc2cccnc2c1O. The van der Waals surface area contributed by atoms with Crippen molar-refractivity contribution in [1.82, 2.24) is 4.98 Å². The molecule has 4 rings (SSSR count). The summed E-state index contributed by atoms with van der Waals surface area (Å²) in [4.78, 5) is 24.5. The second kappa shape index (κ2) is 9.16. The van der Waals surface area contributed by atoms with Crippen LogP contribution in [0.25, 0.3) is 10.9 Å². The molecule has 0 bridgehead atoms. The summed E-state index contributed by atoms with van der Waals surface area (Å²) >= 11 is 0. The van der Waals surface area contributed by atoms with Crippen LogP contribution in [0.15, 0.2) is 85.1 Å². The van der Waals surface area contributed by atoms with Gasteiger partial charge in [0.1, 0.15) is 17.0 Å². The first kappa shape index (κ1) is 20.3. The molecule has 150 valence electrons. The van der Waals surface area contributed by atoms with Gasteiger partial charge in [0.25, 0.3) is 0 Å². The first-order chi connectivity index (χ1) is 14.5. The third kappa shape index (κ3) is 4.87. The number of phenolic OH excluding ortho intramolecular Hbond substituents is 1. The molecule has 0 unspecified atom stereocenters. The Morgan fingerprint density at radius 2 is 1.67 bits per heavy atom. The molecule has 1 heterocycles. The van der Waals surface area contributed by atoms with Gasteiger partial charge < -0.3 is 14.9 Å². The monoisotopic (exact) mass is 404 g/mol. The molecule has 0 saturated heterocycles. The Balaban J connectivity index is 0.000000172. The number of nitro benzene ring substituents is 1. The average Bonchev–Trinajstić information content (AvgIpc) is 2.75. The van der Waals surface area contributed by atoms with Crippen LogP contribution in [0.4, 0.5) is 5.69 Å². The second-order valence-electron chi connectivity index (χ2n) is 6.01. The largest absolute Gasteiger partial charge is 0.501 e. The third-order valence-electron chi connectivity index (χ3n) is 3.98. The first-order valence-electron chi connectivity index (χ1n) is 8.73. The topological polar surface area (TPSA) is 123 Å². The van der Waals surface area contributed by atoms with Gasteiger partial charge in [0.15, 0.2) is 0 Å². The molecular formula is C22H16N2O6. The number of nitrogens with zero attached hydrogens (tertiary/aromatic N) is 2. The number of pyridine rings is 1. The minimum atomic E-state index is -0.960. The molecule has 0 saturated carbocycles. The van der Waals surface area contributed by atoms with E-state index in [0.717, 1.165) is 0 Å². The maximum Gasteiger partial charge on any atom is 0.335 e. The van der Waals surface area contributed by atoms with E-state index in [1.54, 1.807) is 30.3 Å². The van der Waals surface area contributed by atoms with Gasteiger partial charge >= 0.3 is 11.7 Å². The Morgan fingerprint density at radius 3 is 2.37 bits per heavy atom. The van der Waals surface area contributed by atoms with E-state index < -0.39 is 10.9 Å². The fourth-order valence-corrected chi connectivity index (χ4v) is 2.58. The van der Waals surface area contributed by atoms with Crippen LogP contribution in [0.3, 0.4) is 0 Å². The number of rotatable bonds is 4. The Bertz CT molecular complexity index is 1190. The number of hydrogen-bond donors (Lipinski definition) is 2. The zero-order chi connectivity index (χ0) is 21.5. The van der Waals surface area contributed by atoms with Crippen LogP contribution in [0.2, 0.25) is 0 Å². The molecule has 30 heavy (non-hydrogen) atoms. The van der Waals surface area contributed by atoms with Gasteiger partial charge in [0, 0.05) is 17.6 Å². The summed E-state index contributed by atoms with van der Waals surface area (Å²) in [5.74, 6) is -0.136. The van der Waals surface area contributed by atoms with Crippen molar-refractivity contribution in [2.45, 2.75) is 0 Å². The van der Waals surface area contributed by atoms with Crippen molar-refractivity contribution >= 4 is 22.6 Å². The molecule has 3 aromatic carbocycles. The molecular weight excluding hydrogens is 388 g/mol. The predicted octanol–water partition coefficient (Wildman–Crippen LogP) is 5.03. The maximum atomic E-state index is 10.8. The summed E-state index contributed by atoms with van der Waals surface area (Å²) in [6.07, 6.45) is 1.48. The number of aromatic carboxylic acids is 1. The molecule has 0 spiro atoms. The van der Waals surface area contributed by atoms with E-state index in [1.165, 1.54) is 24.4 Å². The summed E-state index contributed by atoms with van der Waals surface area (Å²) in [5, 5.41) is 29.5. The van der Waals surface area contributed by atoms with E-state index in [9.17, 15) is 20.0 Å². The molecule has 0 amide bonds. The highest BCUT2D eigenvalue weighted by Crippen LogP contribution is 2.32. The normalized spacial score (nSPS) is 10.0.